The van der Waals surface area contributed by atoms with E-state index in [9.17, 15) is 43.2 Å². The fourth-order valence-corrected chi connectivity index (χ4v) is 6.79. The third-order valence-corrected chi connectivity index (χ3v) is 10.7. The van der Waals surface area contributed by atoms with E-state index < -0.39 is 31.1 Å². The summed E-state index contributed by atoms with van der Waals surface area (Å²) in [4.78, 5) is 0. The lowest BCUT2D eigenvalue weighted by Crippen LogP contribution is -2.46. The lowest BCUT2D eigenvalue weighted by Gasteiger charge is -2.35. The molecule has 0 aliphatic carbocycles. The van der Waals surface area contributed by atoms with Gasteiger partial charge in [0, 0.05) is 0 Å². The highest BCUT2D eigenvalue weighted by Crippen LogP contribution is 2.36. The number of nitrogens with zero attached hydrogens (tertiary/aromatic N) is 2. The number of quaternary nitrogens is 1. The summed E-state index contributed by atoms with van der Waals surface area (Å²) in [6.45, 7) is 11.2. The molecule has 0 aromatic rings. The minimum absolute atomic E-state index is 0.778. The zero-order valence-corrected chi connectivity index (χ0v) is 29.9. The van der Waals surface area contributed by atoms with Crippen LogP contribution in [0, 0.1) is 0 Å². The van der Waals surface area contributed by atoms with Crippen molar-refractivity contribution in [1.82, 2.24) is 0 Å². The molecule has 0 fully saturated rings. The van der Waals surface area contributed by atoms with Crippen LogP contribution >= 0.6 is 0 Å². The van der Waals surface area contributed by atoms with Crippen LogP contribution in [0.2, 0.25) is 0 Å². The largest absolute Gasteiger partial charge is 0.480 e. The SMILES string of the molecule is CCCCCCCCCC[N+](C)(CCCCCCCC)CCCCCCCCCC.O=S(=O)([N-]S(=O)(=O)C(F)(F)F)C(F)(F)F. The Morgan fingerprint density at radius 1 is 0.422 bits per heavy atom. The monoisotopic (exact) mass is 704 g/mol. The quantitative estimate of drug-likeness (QED) is 0.0484. The molecular weight excluding hydrogens is 642 g/mol. The Morgan fingerprint density at radius 3 is 0.822 bits per heavy atom. The lowest BCUT2D eigenvalue weighted by atomic mass is 10.1. The number of rotatable bonds is 27. The van der Waals surface area contributed by atoms with Crippen molar-refractivity contribution in [1.29, 1.82) is 0 Å². The van der Waals surface area contributed by atoms with Gasteiger partial charge in [-0.1, -0.05) is 124 Å². The van der Waals surface area contributed by atoms with Crippen molar-refractivity contribution in [2.75, 3.05) is 26.7 Å². The van der Waals surface area contributed by atoms with Gasteiger partial charge in [-0.05, 0) is 38.5 Å². The maximum absolute atomic E-state index is 11.4. The van der Waals surface area contributed by atoms with Crippen molar-refractivity contribution in [2.24, 2.45) is 0 Å². The summed E-state index contributed by atoms with van der Waals surface area (Å²) in [6.07, 6.45) is 31.8. The van der Waals surface area contributed by atoms with Gasteiger partial charge in [-0.3, -0.25) is 0 Å². The minimum Gasteiger partial charge on any atom is -0.421 e. The molecule has 0 radical (unpaired) electrons. The molecule has 0 spiro atoms. The number of hydrogen-bond donors (Lipinski definition) is 0. The van der Waals surface area contributed by atoms with Crippen LogP contribution < -0.4 is 0 Å². The number of alkyl halides is 6. The number of hydrogen-bond acceptors (Lipinski definition) is 4. The van der Waals surface area contributed by atoms with Gasteiger partial charge in [-0.15, -0.1) is 0 Å². The molecule has 0 aromatic carbocycles. The Labute approximate surface area is 271 Å². The molecule has 0 bridgehead atoms. The average molecular weight is 705 g/mol. The van der Waals surface area contributed by atoms with E-state index in [1.165, 1.54) is 165 Å². The molecule has 0 saturated heterocycles. The second kappa shape index (κ2) is 25.4. The maximum atomic E-state index is 11.4. The molecule has 45 heavy (non-hydrogen) atoms. The van der Waals surface area contributed by atoms with Gasteiger partial charge in [0.15, 0.2) is 20.0 Å². The van der Waals surface area contributed by atoms with E-state index >= 15 is 0 Å². The highest BCUT2D eigenvalue weighted by Gasteiger charge is 2.46. The standard InChI is InChI=1S/C29H62N.C2F6NO4S2/c1-5-8-11-14-17-19-22-25-28-30(4,27-24-21-16-13-10-7-3)29-26-23-20-18-15-12-9-6-2;3-1(4,5)14(10,11)9-15(12,13)2(6,7)8/h5-29H2,1-4H3;/q+1;-1. The summed E-state index contributed by atoms with van der Waals surface area (Å²) >= 11 is 0. The Hall–Kier alpha value is -0.600. The van der Waals surface area contributed by atoms with Crippen LogP contribution in [0.15, 0.2) is 0 Å². The van der Waals surface area contributed by atoms with Gasteiger partial charge >= 0.3 is 11.0 Å². The molecule has 0 atom stereocenters. The van der Waals surface area contributed by atoms with E-state index in [1.807, 2.05) is 0 Å². The molecular formula is C31H62F6N2O4S2. The first-order valence-electron chi connectivity index (χ1n) is 17.1. The fourth-order valence-electron chi connectivity index (χ4n) is 5.08. The highest BCUT2D eigenvalue weighted by molar-refractivity contribution is 8.13. The maximum Gasteiger partial charge on any atom is 0.480 e. The topological polar surface area (TPSA) is 82.4 Å². The Balaban J connectivity index is 0. The average Bonchev–Trinajstić information content (AvgIpc) is 2.92. The van der Waals surface area contributed by atoms with Crippen molar-refractivity contribution < 1.29 is 47.7 Å². The summed E-state index contributed by atoms with van der Waals surface area (Å²) < 4.78 is 111. The Morgan fingerprint density at radius 2 is 0.622 bits per heavy atom. The van der Waals surface area contributed by atoms with Crippen LogP contribution in [0.1, 0.15) is 162 Å². The summed E-state index contributed by atoms with van der Waals surface area (Å²) in [7, 11) is -10.9. The Kier molecular flexibility index (Phi) is 26.3. The van der Waals surface area contributed by atoms with Gasteiger partial charge in [-0.2, -0.15) is 26.3 Å². The van der Waals surface area contributed by atoms with E-state index in [4.69, 9.17) is 0 Å². The van der Waals surface area contributed by atoms with Crippen LogP contribution in [0.5, 0.6) is 0 Å². The molecule has 0 N–H and O–H groups in total. The van der Waals surface area contributed by atoms with E-state index in [0.717, 1.165) is 4.13 Å². The molecule has 14 heteroatoms. The van der Waals surface area contributed by atoms with Crippen molar-refractivity contribution in [3.05, 3.63) is 4.13 Å². The smallest absolute Gasteiger partial charge is 0.421 e. The molecule has 0 aliphatic rings. The van der Waals surface area contributed by atoms with Gasteiger partial charge in [0.05, 0.1) is 26.7 Å². The minimum atomic E-state index is -6.72. The molecule has 0 aliphatic heterocycles. The summed E-state index contributed by atoms with van der Waals surface area (Å²) in [5.74, 6) is 0. The number of unbranched alkanes of at least 4 members (excludes halogenated alkanes) is 19. The first kappa shape index (κ1) is 46.5. The van der Waals surface area contributed by atoms with Crippen LogP contribution in [-0.2, 0) is 20.0 Å². The van der Waals surface area contributed by atoms with Crippen molar-refractivity contribution in [3.63, 3.8) is 0 Å². The lowest BCUT2D eigenvalue weighted by molar-refractivity contribution is -0.910. The molecule has 0 aromatic heterocycles. The van der Waals surface area contributed by atoms with Gasteiger partial charge < -0.3 is 8.61 Å². The summed E-state index contributed by atoms with van der Waals surface area (Å²) in [6, 6.07) is 0. The van der Waals surface area contributed by atoms with E-state index in [-0.39, 0.29) is 0 Å². The molecule has 0 amide bonds. The predicted octanol–water partition coefficient (Wildman–Crippen LogP) is 11.1. The third-order valence-electron chi connectivity index (χ3n) is 7.94. The highest BCUT2D eigenvalue weighted by atomic mass is 32.3. The fraction of sp³-hybridized carbons (Fsp3) is 1.00. The summed E-state index contributed by atoms with van der Waals surface area (Å²) in [5.41, 5.74) is -12.4. The van der Waals surface area contributed by atoms with E-state index in [2.05, 4.69) is 27.8 Å². The van der Waals surface area contributed by atoms with E-state index in [1.54, 1.807) is 0 Å². The van der Waals surface area contributed by atoms with Crippen LogP contribution in [0.4, 0.5) is 26.3 Å². The second-order valence-corrected chi connectivity index (χ2v) is 15.8. The van der Waals surface area contributed by atoms with Crippen molar-refractivity contribution in [3.8, 4) is 0 Å². The van der Waals surface area contributed by atoms with Crippen LogP contribution in [-0.4, -0.2) is 59.0 Å². The molecule has 0 heterocycles. The Bertz CT molecular complexity index is 850. The van der Waals surface area contributed by atoms with Crippen molar-refractivity contribution >= 4 is 20.0 Å². The molecule has 274 valence electrons. The van der Waals surface area contributed by atoms with Crippen LogP contribution in [0.3, 0.4) is 0 Å². The second-order valence-electron chi connectivity index (χ2n) is 12.4. The molecule has 0 rings (SSSR count). The molecule has 6 nitrogen and oxygen atoms in total. The van der Waals surface area contributed by atoms with Gasteiger partial charge in [0.1, 0.15) is 0 Å². The third kappa shape index (κ3) is 25.1. The van der Waals surface area contributed by atoms with Gasteiger partial charge in [0.25, 0.3) is 0 Å². The molecule has 0 unspecified atom stereocenters. The first-order valence-corrected chi connectivity index (χ1v) is 20.0. The zero-order valence-electron chi connectivity index (χ0n) is 28.3. The first-order chi connectivity index (χ1) is 20.9. The summed E-state index contributed by atoms with van der Waals surface area (Å²) in [5, 5.41) is 0. The number of sulfonamides is 2. The van der Waals surface area contributed by atoms with Crippen molar-refractivity contribution in [2.45, 2.75) is 173 Å². The molecule has 0 saturated carbocycles. The predicted molar refractivity (Wildman–Crippen MR) is 173 cm³/mol. The number of halogens is 6. The van der Waals surface area contributed by atoms with Crippen LogP contribution in [0.25, 0.3) is 4.13 Å². The van der Waals surface area contributed by atoms with Gasteiger partial charge in [-0.25, -0.2) is 16.8 Å². The van der Waals surface area contributed by atoms with Gasteiger partial charge in [0.2, 0.25) is 0 Å². The van der Waals surface area contributed by atoms with E-state index in [0.29, 0.717) is 0 Å². The normalized spacial score (nSPS) is 13.1. The zero-order chi connectivity index (χ0) is 34.9.